The van der Waals surface area contributed by atoms with E-state index in [0.717, 1.165) is 11.3 Å². The van der Waals surface area contributed by atoms with Gasteiger partial charge in [0.15, 0.2) is 5.13 Å². The van der Waals surface area contributed by atoms with Gasteiger partial charge in [-0.05, 0) is 27.2 Å². The number of carbonyl (C=O) groups is 1. The molecule has 102 valence electrons. The van der Waals surface area contributed by atoms with Gasteiger partial charge in [0, 0.05) is 17.6 Å². The summed E-state index contributed by atoms with van der Waals surface area (Å²) in [6, 6.07) is -0.225. The Morgan fingerprint density at radius 1 is 1.56 bits per heavy atom. The van der Waals surface area contributed by atoms with E-state index in [1.165, 1.54) is 11.3 Å². The molecule has 0 aromatic carbocycles. The zero-order valence-corrected chi connectivity index (χ0v) is 12.2. The molecule has 0 aliphatic carbocycles. The second-order valence-electron chi connectivity index (χ2n) is 4.74. The summed E-state index contributed by atoms with van der Waals surface area (Å²) in [5, 5.41) is 13.1. The molecule has 0 spiro atoms. The molecule has 0 atom stereocenters. The molecule has 2 N–H and O–H groups in total. The van der Waals surface area contributed by atoms with Gasteiger partial charge in [0.2, 0.25) is 0 Å². The standard InChI is InChI=1S/C12H21N3O2S/c1-5-9-7-13-10(18-9)14-11(16)15(6-2)8-12(3,4)17/h7,17H,5-6,8H2,1-4H3,(H,13,14,16). The third-order valence-electron chi connectivity index (χ3n) is 2.36. The van der Waals surface area contributed by atoms with Crippen molar-refractivity contribution < 1.29 is 9.90 Å². The van der Waals surface area contributed by atoms with Gasteiger partial charge >= 0.3 is 6.03 Å². The number of anilines is 1. The topological polar surface area (TPSA) is 65.5 Å². The number of hydrogen-bond donors (Lipinski definition) is 2. The quantitative estimate of drug-likeness (QED) is 0.864. The third-order valence-corrected chi connectivity index (χ3v) is 3.42. The molecule has 2 amide bonds. The summed E-state index contributed by atoms with van der Waals surface area (Å²) in [4.78, 5) is 18.8. The first-order chi connectivity index (χ1) is 8.35. The van der Waals surface area contributed by atoms with E-state index in [0.29, 0.717) is 18.2 Å². The van der Waals surface area contributed by atoms with Gasteiger partial charge in [0.25, 0.3) is 0 Å². The van der Waals surface area contributed by atoms with Gasteiger partial charge in [-0.25, -0.2) is 9.78 Å². The van der Waals surface area contributed by atoms with Crippen molar-refractivity contribution >= 4 is 22.5 Å². The Morgan fingerprint density at radius 3 is 2.67 bits per heavy atom. The summed E-state index contributed by atoms with van der Waals surface area (Å²) in [5.41, 5.74) is -0.898. The highest BCUT2D eigenvalue weighted by Gasteiger charge is 2.21. The Balaban J connectivity index is 2.62. The maximum absolute atomic E-state index is 12.0. The number of aliphatic hydroxyl groups is 1. The monoisotopic (exact) mass is 271 g/mol. The zero-order chi connectivity index (χ0) is 13.8. The zero-order valence-electron chi connectivity index (χ0n) is 11.4. The SMILES string of the molecule is CCc1cnc(NC(=O)N(CC)CC(C)(C)O)s1. The van der Waals surface area contributed by atoms with Crippen LogP contribution in [0.4, 0.5) is 9.93 Å². The summed E-state index contributed by atoms with van der Waals surface area (Å²) >= 11 is 1.47. The van der Waals surface area contributed by atoms with Crippen molar-refractivity contribution in [2.24, 2.45) is 0 Å². The van der Waals surface area contributed by atoms with Gasteiger partial charge in [0.1, 0.15) is 0 Å². The Kier molecular flexibility index (Phi) is 5.10. The number of urea groups is 1. The van der Waals surface area contributed by atoms with Crippen LogP contribution in [0.15, 0.2) is 6.20 Å². The minimum Gasteiger partial charge on any atom is -0.389 e. The Morgan fingerprint density at radius 2 is 2.22 bits per heavy atom. The molecule has 1 rings (SSSR count). The fourth-order valence-electron chi connectivity index (χ4n) is 1.49. The lowest BCUT2D eigenvalue weighted by molar-refractivity contribution is 0.0501. The van der Waals surface area contributed by atoms with E-state index < -0.39 is 5.60 Å². The molecule has 0 bridgehead atoms. The van der Waals surface area contributed by atoms with E-state index in [9.17, 15) is 9.90 Å². The lowest BCUT2D eigenvalue weighted by Gasteiger charge is -2.27. The highest BCUT2D eigenvalue weighted by atomic mass is 32.1. The average molecular weight is 271 g/mol. The summed E-state index contributed by atoms with van der Waals surface area (Å²) in [6.45, 7) is 8.13. The maximum atomic E-state index is 12.0. The third kappa shape index (κ3) is 4.62. The van der Waals surface area contributed by atoms with Gasteiger partial charge < -0.3 is 10.0 Å². The normalized spacial score (nSPS) is 11.4. The minimum absolute atomic E-state index is 0.225. The van der Waals surface area contributed by atoms with Gasteiger partial charge in [-0.3, -0.25) is 5.32 Å². The Bertz CT molecular complexity index is 398. The second-order valence-corrected chi connectivity index (χ2v) is 5.86. The summed E-state index contributed by atoms with van der Waals surface area (Å²) < 4.78 is 0. The number of thiazole rings is 1. The van der Waals surface area contributed by atoms with Crippen molar-refractivity contribution in [1.82, 2.24) is 9.88 Å². The van der Waals surface area contributed by atoms with E-state index in [1.807, 2.05) is 13.8 Å². The number of carbonyl (C=O) groups excluding carboxylic acids is 1. The number of aryl methyl sites for hydroxylation is 1. The minimum atomic E-state index is -0.898. The van der Waals surface area contributed by atoms with Crippen LogP contribution in [0.5, 0.6) is 0 Å². The van der Waals surface area contributed by atoms with Crippen LogP contribution in [0, 0.1) is 0 Å². The molecule has 6 heteroatoms. The molecule has 0 unspecified atom stereocenters. The number of rotatable bonds is 5. The number of nitrogens with one attached hydrogen (secondary N) is 1. The smallest absolute Gasteiger partial charge is 0.323 e. The molecule has 0 fully saturated rings. The van der Waals surface area contributed by atoms with E-state index >= 15 is 0 Å². The van der Waals surface area contributed by atoms with Crippen LogP contribution in [-0.4, -0.2) is 39.7 Å². The van der Waals surface area contributed by atoms with Crippen molar-refractivity contribution in [2.45, 2.75) is 39.7 Å². The molecule has 18 heavy (non-hydrogen) atoms. The lowest BCUT2D eigenvalue weighted by Crippen LogP contribution is -2.44. The van der Waals surface area contributed by atoms with Gasteiger partial charge in [0.05, 0.1) is 12.1 Å². The van der Waals surface area contributed by atoms with Gasteiger partial charge in [-0.1, -0.05) is 6.92 Å². The van der Waals surface area contributed by atoms with Gasteiger partial charge in [-0.15, -0.1) is 11.3 Å². The first-order valence-electron chi connectivity index (χ1n) is 6.08. The predicted octanol–water partition coefficient (Wildman–Crippen LogP) is 2.33. The van der Waals surface area contributed by atoms with Crippen molar-refractivity contribution in [2.75, 3.05) is 18.4 Å². The first kappa shape index (κ1) is 14.9. The van der Waals surface area contributed by atoms with Crippen LogP contribution in [0.1, 0.15) is 32.6 Å². The Hall–Kier alpha value is -1.14. The number of hydrogen-bond acceptors (Lipinski definition) is 4. The highest BCUT2D eigenvalue weighted by Crippen LogP contribution is 2.19. The van der Waals surface area contributed by atoms with Crippen LogP contribution in [0.25, 0.3) is 0 Å². The number of aromatic nitrogens is 1. The molecule has 0 aliphatic rings. The molecule has 1 aromatic heterocycles. The van der Waals surface area contributed by atoms with Crippen LogP contribution in [-0.2, 0) is 6.42 Å². The summed E-state index contributed by atoms with van der Waals surface area (Å²) in [5.74, 6) is 0. The molecular formula is C12H21N3O2S. The molecule has 0 saturated heterocycles. The summed E-state index contributed by atoms with van der Waals surface area (Å²) in [6.07, 6.45) is 2.68. The molecule has 0 saturated carbocycles. The summed E-state index contributed by atoms with van der Waals surface area (Å²) in [7, 11) is 0. The highest BCUT2D eigenvalue weighted by molar-refractivity contribution is 7.15. The van der Waals surface area contributed by atoms with E-state index in [2.05, 4.69) is 10.3 Å². The molecule has 1 aromatic rings. The largest absolute Gasteiger partial charge is 0.389 e. The molecule has 1 heterocycles. The van der Waals surface area contributed by atoms with Crippen LogP contribution >= 0.6 is 11.3 Å². The fraction of sp³-hybridized carbons (Fsp3) is 0.667. The Labute approximate surface area is 112 Å². The molecular weight excluding hydrogens is 250 g/mol. The second kappa shape index (κ2) is 6.15. The van der Waals surface area contributed by atoms with Crippen molar-refractivity contribution in [3.63, 3.8) is 0 Å². The lowest BCUT2D eigenvalue weighted by atomic mass is 10.1. The van der Waals surface area contributed by atoms with Crippen LogP contribution in [0.2, 0.25) is 0 Å². The van der Waals surface area contributed by atoms with E-state index in [-0.39, 0.29) is 6.03 Å². The van der Waals surface area contributed by atoms with Crippen molar-refractivity contribution in [3.05, 3.63) is 11.1 Å². The molecule has 0 radical (unpaired) electrons. The molecule has 5 nitrogen and oxygen atoms in total. The fourth-order valence-corrected chi connectivity index (χ4v) is 2.24. The van der Waals surface area contributed by atoms with Crippen LogP contribution in [0.3, 0.4) is 0 Å². The van der Waals surface area contributed by atoms with Crippen molar-refractivity contribution in [1.29, 1.82) is 0 Å². The van der Waals surface area contributed by atoms with Crippen molar-refractivity contribution in [3.8, 4) is 0 Å². The number of nitrogens with zero attached hydrogens (tertiary/aromatic N) is 2. The number of amides is 2. The average Bonchev–Trinajstić information content (AvgIpc) is 2.72. The first-order valence-corrected chi connectivity index (χ1v) is 6.90. The van der Waals surface area contributed by atoms with E-state index in [1.54, 1.807) is 24.9 Å². The number of likely N-dealkylation sites (N-methyl/N-ethyl adjacent to an activating group) is 1. The van der Waals surface area contributed by atoms with Crippen LogP contribution < -0.4 is 5.32 Å². The molecule has 0 aliphatic heterocycles. The maximum Gasteiger partial charge on any atom is 0.323 e. The van der Waals surface area contributed by atoms with Gasteiger partial charge in [-0.2, -0.15) is 0 Å². The van der Waals surface area contributed by atoms with E-state index in [4.69, 9.17) is 0 Å². The predicted molar refractivity (Wildman–Crippen MR) is 74.1 cm³/mol.